The molecule has 2 N–H and O–H groups in total. The molecule has 0 saturated carbocycles. The number of rotatable bonds is 5. The van der Waals surface area contributed by atoms with Crippen LogP contribution in [0.15, 0.2) is 22.7 Å². The summed E-state index contributed by atoms with van der Waals surface area (Å²) in [6.45, 7) is 1.81. The molecule has 6 heteroatoms. The first-order valence-corrected chi connectivity index (χ1v) is 6.80. The summed E-state index contributed by atoms with van der Waals surface area (Å²) in [4.78, 5) is 1.62. The van der Waals surface area contributed by atoms with Gasteiger partial charge in [-0.05, 0) is 31.0 Å². The van der Waals surface area contributed by atoms with Crippen molar-refractivity contribution in [1.82, 2.24) is 0 Å². The van der Waals surface area contributed by atoms with E-state index in [4.69, 9.17) is 5.73 Å². The molecule has 0 aliphatic rings. The van der Waals surface area contributed by atoms with Gasteiger partial charge in [0.1, 0.15) is 0 Å². The Hall–Kier alpha value is -0.750. The monoisotopic (exact) mass is 338 g/mol. The van der Waals surface area contributed by atoms with Crippen molar-refractivity contribution in [3.8, 4) is 0 Å². The highest BCUT2D eigenvalue weighted by atomic mass is 79.9. The maximum Gasteiger partial charge on any atom is 0.390 e. The van der Waals surface area contributed by atoms with Gasteiger partial charge in [-0.25, -0.2) is 0 Å². The highest BCUT2D eigenvalue weighted by Crippen LogP contribution is 2.27. The first kappa shape index (κ1) is 16.3. The van der Waals surface area contributed by atoms with Crippen LogP contribution in [0.1, 0.15) is 18.9 Å². The highest BCUT2D eigenvalue weighted by molar-refractivity contribution is 9.10. The summed E-state index contributed by atoms with van der Waals surface area (Å²) in [5.74, 6) is 0. The van der Waals surface area contributed by atoms with E-state index < -0.39 is 12.6 Å². The van der Waals surface area contributed by atoms with Gasteiger partial charge in [0.2, 0.25) is 0 Å². The Kier molecular flexibility index (Phi) is 5.67. The van der Waals surface area contributed by atoms with Crippen LogP contribution in [-0.4, -0.2) is 25.8 Å². The fourth-order valence-corrected chi connectivity index (χ4v) is 2.18. The van der Waals surface area contributed by atoms with Crippen molar-refractivity contribution in [3.05, 3.63) is 28.2 Å². The van der Waals surface area contributed by atoms with Crippen molar-refractivity contribution in [2.75, 3.05) is 18.5 Å². The van der Waals surface area contributed by atoms with E-state index >= 15 is 0 Å². The second-order valence-corrected chi connectivity index (χ2v) is 5.66. The van der Waals surface area contributed by atoms with Gasteiger partial charge in [-0.2, -0.15) is 13.2 Å². The van der Waals surface area contributed by atoms with Gasteiger partial charge < -0.3 is 10.6 Å². The lowest BCUT2D eigenvalue weighted by Gasteiger charge is -2.24. The number of nitrogens with two attached hydrogens (primary N) is 1. The number of halogens is 4. The minimum Gasteiger partial charge on any atom is -0.374 e. The SMILES string of the molecule is CC(N)Cc1ccc(Br)cc1N(C)CCC(F)(F)F. The van der Waals surface area contributed by atoms with Crippen molar-refractivity contribution < 1.29 is 13.2 Å². The summed E-state index contributed by atoms with van der Waals surface area (Å²) in [5.41, 5.74) is 7.51. The van der Waals surface area contributed by atoms with Crippen molar-refractivity contribution in [2.45, 2.75) is 32.0 Å². The normalized spacial score (nSPS) is 13.4. The van der Waals surface area contributed by atoms with Crippen LogP contribution in [-0.2, 0) is 6.42 Å². The zero-order chi connectivity index (χ0) is 14.6. The maximum absolute atomic E-state index is 12.3. The van der Waals surface area contributed by atoms with Crippen molar-refractivity contribution in [1.29, 1.82) is 0 Å². The smallest absolute Gasteiger partial charge is 0.374 e. The summed E-state index contributed by atoms with van der Waals surface area (Å²) in [6, 6.07) is 5.57. The lowest BCUT2D eigenvalue weighted by Crippen LogP contribution is -2.26. The first-order chi connectivity index (χ1) is 8.69. The van der Waals surface area contributed by atoms with Crippen LogP contribution < -0.4 is 10.6 Å². The Morgan fingerprint density at radius 1 is 1.37 bits per heavy atom. The molecule has 19 heavy (non-hydrogen) atoms. The molecule has 0 heterocycles. The average Bonchev–Trinajstić information content (AvgIpc) is 2.27. The molecule has 0 spiro atoms. The van der Waals surface area contributed by atoms with Gasteiger partial charge >= 0.3 is 6.18 Å². The molecule has 1 unspecified atom stereocenters. The quantitative estimate of drug-likeness (QED) is 0.886. The van der Waals surface area contributed by atoms with Crippen LogP contribution in [0, 0.1) is 0 Å². The number of alkyl halides is 3. The van der Waals surface area contributed by atoms with Crippen LogP contribution in [0.25, 0.3) is 0 Å². The molecule has 1 atom stereocenters. The van der Waals surface area contributed by atoms with E-state index in [0.717, 1.165) is 15.7 Å². The molecular weight excluding hydrogens is 321 g/mol. The van der Waals surface area contributed by atoms with Crippen LogP contribution in [0.4, 0.5) is 18.9 Å². The molecule has 1 rings (SSSR count). The molecule has 108 valence electrons. The Morgan fingerprint density at radius 2 is 2.00 bits per heavy atom. The summed E-state index contributed by atoms with van der Waals surface area (Å²) < 4.78 is 37.6. The third-order valence-electron chi connectivity index (χ3n) is 2.73. The average molecular weight is 339 g/mol. The molecule has 1 aromatic carbocycles. The second kappa shape index (κ2) is 6.61. The van der Waals surface area contributed by atoms with Crippen molar-refractivity contribution in [3.63, 3.8) is 0 Å². The third-order valence-corrected chi connectivity index (χ3v) is 3.22. The topological polar surface area (TPSA) is 29.3 Å². The highest BCUT2D eigenvalue weighted by Gasteiger charge is 2.27. The van der Waals surface area contributed by atoms with E-state index in [1.165, 1.54) is 0 Å². The molecular formula is C13H18BrF3N2. The van der Waals surface area contributed by atoms with Crippen LogP contribution >= 0.6 is 15.9 Å². The summed E-state index contributed by atoms with van der Waals surface area (Å²) >= 11 is 3.34. The van der Waals surface area contributed by atoms with Crippen molar-refractivity contribution in [2.24, 2.45) is 5.73 Å². The predicted molar refractivity (Wildman–Crippen MR) is 75.4 cm³/mol. The fourth-order valence-electron chi connectivity index (χ4n) is 1.83. The summed E-state index contributed by atoms with van der Waals surface area (Å²) in [7, 11) is 1.66. The largest absolute Gasteiger partial charge is 0.390 e. The van der Waals surface area contributed by atoms with Gasteiger partial charge in [0.25, 0.3) is 0 Å². The lowest BCUT2D eigenvalue weighted by atomic mass is 10.0. The van der Waals surface area contributed by atoms with Gasteiger partial charge in [-0.3, -0.25) is 0 Å². The molecule has 0 saturated heterocycles. The molecule has 0 radical (unpaired) electrons. The zero-order valence-electron chi connectivity index (χ0n) is 11.0. The number of hydrogen-bond donors (Lipinski definition) is 1. The molecule has 0 fully saturated rings. The standard InChI is InChI=1S/C13H18BrF3N2/c1-9(18)7-10-3-4-11(14)8-12(10)19(2)6-5-13(15,16)17/h3-4,8-9H,5-7,18H2,1-2H3. The van der Waals surface area contributed by atoms with Crippen LogP contribution in [0.3, 0.4) is 0 Å². The van der Waals surface area contributed by atoms with E-state index in [2.05, 4.69) is 15.9 Å². The van der Waals surface area contributed by atoms with Gasteiger partial charge in [-0.1, -0.05) is 22.0 Å². The Bertz CT molecular complexity index is 419. The van der Waals surface area contributed by atoms with E-state index in [9.17, 15) is 13.2 Å². The van der Waals surface area contributed by atoms with Gasteiger partial charge in [0.15, 0.2) is 0 Å². The summed E-state index contributed by atoms with van der Waals surface area (Å²) in [6.07, 6.45) is -4.33. The molecule has 0 aliphatic heterocycles. The van der Waals surface area contributed by atoms with Gasteiger partial charge in [0, 0.05) is 29.8 Å². The fraction of sp³-hybridized carbons (Fsp3) is 0.538. The molecule has 0 bridgehead atoms. The van der Waals surface area contributed by atoms with E-state index in [0.29, 0.717) is 6.42 Å². The lowest BCUT2D eigenvalue weighted by molar-refractivity contribution is -0.132. The van der Waals surface area contributed by atoms with E-state index in [1.54, 1.807) is 11.9 Å². The molecule has 1 aromatic rings. The number of anilines is 1. The Labute approximate surface area is 119 Å². The first-order valence-electron chi connectivity index (χ1n) is 6.01. The molecule has 2 nitrogen and oxygen atoms in total. The van der Waals surface area contributed by atoms with Crippen LogP contribution in [0.5, 0.6) is 0 Å². The molecule has 0 amide bonds. The Morgan fingerprint density at radius 3 is 2.53 bits per heavy atom. The summed E-state index contributed by atoms with van der Waals surface area (Å²) in [5, 5.41) is 0. The second-order valence-electron chi connectivity index (χ2n) is 4.74. The molecule has 0 aliphatic carbocycles. The van der Waals surface area contributed by atoms with Gasteiger partial charge in [0.05, 0.1) is 6.42 Å². The van der Waals surface area contributed by atoms with Gasteiger partial charge in [-0.15, -0.1) is 0 Å². The van der Waals surface area contributed by atoms with Crippen molar-refractivity contribution >= 4 is 21.6 Å². The maximum atomic E-state index is 12.3. The van der Waals surface area contributed by atoms with E-state index in [1.807, 2.05) is 25.1 Å². The Balaban J connectivity index is 2.87. The number of benzene rings is 1. The third kappa shape index (κ3) is 5.82. The van der Waals surface area contributed by atoms with E-state index in [-0.39, 0.29) is 12.6 Å². The molecule has 0 aromatic heterocycles. The number of hydrogen-bond acceptors (Lipinski definition) is 2. The van der Waals surface area contributed by atoms with Crippen LogP contribution in [0.2, 0.25) is 0 Å². The number of nitrogens with zero attached hydrogens (tertiary/aromatic N) is 1. The minimum absolute atomic E-state index is 0.0315. The minimum atomic E-state index is -4.14. The zero-order valence-corrected chi connectivity index (χ0v) is 12.6. The predicted octanol–water partition coefficient (Wildman–Crippen LogP) is 3.73.